The lowest BCUT2D eigenvalue weighted by Gasteiger charge is -2.30. The molecule has 3 N–H and O–H groups in total. The van der Waals surface area contributed by atoms with Gasteiger partial charge in [-0.25, -0.2) is 19.6 Å². The molecule has 0 spiro atoms. The van der Waals surface area contributed by atoms with Crippen LogP contribution in [0, 0.1) is 0 Å². The smallest absolute Gasteiger partial charge is 0.245 e. The Morgan fingerprint density at radius 1 is 1.09 bits per heavy atom. The number of pyridine rings is 2. The number of carbonyl (C=O) groups excluding carboxylic acids is 1. The number of carbonyl (C=O) groups is 1. The van der Waals surface area contributed by atoms with Crippen molar-refractivity contribution in [3.8, 4) is 28.6 Å². The number of hydrogen-bond donors (Lipinski definition) is 2. The number of methoxy groups -OCH3 is 1. The molecule has 7 rings (SSSR count). The molecule has 226 valence electrons. The van der Waals surface area contributed by atoms with Crippen LogP contribution in [0.3, 0.4) is 0 Å². The van der Waals surface area contributed by atoms with Gasteiger partial charge in [-0.3, -0.25) is 9.36 Å². The van der Waals surface area contributed by atoms with E-state index in [1.165, 1.54) is 23.6 Å². The number of aromatic nitrogens is 6. The molecule has 0 atom stereocenters. The van der Waals surface area contributed by atoms with Crippen molar-refractivity contribution in [2.24, 2.45) is 0 Å². The Kier molecular flexibility index (Phi) is 8.38. The molecule has 1 fully saturated rings. The van der Waals surface area contributed by atoms with E-state index in [2.05, 4.69) is 40.2 Å². The Balaban J connectivity index is 0.000000242. The molecular weight excluding hydrogens is 554 g/mol. The summed E-state index contributed by atoms with van der Waals surface area (Å²) < 4.78 is 9.45. The number of ether oxygens (including phenoxy) is 1. The van der Waals surface area contributed by atoms with E-state index in [0.29, 0.717) is 40.4 Å². The number of benzene rings is 1. The lowest BCUT2D eigenvalue weighted by molar-refractivity contribution is -0.127. The molecule has 0 unspecified atom stereocenters. The number of rotatable bonds is 6. The Morgan fingerprint density at radius 3 is 2.61 bits per heavy atom. The van der Waals surface area contributed by atoms with Crippen molar-refractivity contribution in [3.63, 3.8) is 0 Å². The molecular formula is C33H37N9O2. The van der Waals surface area contributed by atoms with Crippen LogP contribution in [-0.4, -0.2) is 73.4 Å². The van der Waals surface area contributed by atoms with Gasteiger partial charge in [0.05, 0.1) is 12.7 Å². The van der Waals surface area contributed by atoms with Crippen molar-refractivity contribution >= 4 is 22.9 Å². The third kappa shape index (κ3) is 5.66. The molecule has 1 aliphatic carbocycles. The van der Waals surface area contributed by atoms with Crippen molar-refractivity contribution in [2.45, 2.75) is 38.1 Å². The third-order valence-electron chi connectivity index (χ3n) is 8.34. The lowest BCUT2D eigenvalue weighted by atomic mass is 10.1. The zero-order chi connectivity index (χ0) is 30.6. The summed E-state index contributed by atoms with van der Waals surface area (Å²) in [5.74, 6) is 2.41. The minimum Gasteiger partial charge on any atom is -0.494 e. The number of likely N-dealkylation sites (tertiary alicyclic amines) is 1. The number of imidazole rings is 1. The van der Waals surface area contributed by atoms with Crippen molar-refractivity contribution in [1.82, 2.24) is 39.5 Å². The average Bonchev–Trinajstić information content (AvgIpc) is 3.84. The minimum absolute atomic E-state index is 0.0598. The van der Waals surface area contributed by atoms with Gasteiger partial charge in [-0.1, -0.05) is 12.6 Å². The van der Waals surface area contributed by atoms with Crippen LogP contribution >= 0.6 is 0 Å². The Labute approximate surface area is 256 Å². The minimum atomic E-state index is 0.0598. The number of nitrogen functional groups attached to an aromatic ring is 1. The van der Waals surface area contributed by atoms with Crippen LogP contribution in [0.25, 0.3) is 34.1 Å². The van der Waals surface area contributed by atoms with Crippen molar-refractivity contribution < 1.29 is 9.53 Å². The largest absolute Gasteiger partial charge is 0.494 e. The summed E-state index contributed by atoms with van der Waals surface area (Å²) in [5, 5.41) is 7.55. The van der Waals surface area contributed by atoms with Gasteiger partial charge in [0.2, 0.25) is 5.91 Å². The fraction of sp³-hybridized carbons (Fsp3) is 0.303. The van der Waals surface area contributed by atoms with Crippen molar-refractivity contribution in [1.29, 1.82) is 0 Å². The Morgan fingerprint density at radius 2 is 1.91 bits per heavy atom. The van der Waals surface area contributed by atoms with E-state index in [-0.39, 0.29) is 5.91 Å². The summed E-state index contributed by atoms with van der Waals surface area (Å²) in [6, 6.07) is 14.6. The van der Waals surface area contributed by atoms with Crippen LogP contribution in [-0.2, 0) is 17.6 Å². The van der Waals surface area contributed by atoms with Gasteiger partial charge in [0.15, 0.2) is 28.6 Å². The van der Waals surface area contributed by atoms with E-state index in [0.717, 1.165) is 50.0 Å². The summed E-state index contributed by atoms with van der Waals surface area (Å²) in [6.45, 7) is 5.18. The van der Waals surface area contributed by atoms with E-state index >= 15 is 0 Å². The van der Waals surface area contributed by atoms with Crippen molar-refractivity contribution in [2.75, 3.05) is 33.0 Å². The predicted molar refractivity (Wildman–Crippen MR) is 171 cm³/mol. The second-order valence-electron chi connectivity index (χ2n) is 10.9. The van der Waals surface area contributed by atoms with E-state index in [1.807, 2.05) is 47.0 Å². The van der Waals surface area contributed by atoms with E-state index < -0.39 is 0 Å². The van der Waals surface area contributed by atoms with Gasteiger partial charge in [-0.15, -0.1) is 0 Å². The zero-order valence-corrected chi connectivity index (χ0v) is 25.1. The highest BCUT2D eigenvalue weighted by molar-refractivity contribution is 5.88. The number of nitrogens with zero attached hydrogens (tertiary/aromatic N) is 7. The number of hydrogen-bond acceptors (Lipinski definition) is 8. The number of nitrogens with two attached hydrogens (primary N) is 1. The molecule has 2 aliphatic rings. The van der Waals surface area contributed by atoms with Crippen LogP contribution in [0.2, 0.25) is 0 Å². The number of aryl methyl sites for hydroxylation is 2. The first-order valence-corrected chi connectivity index (χ1v) is 14.9. The second-order valence-corrected chi connectivity index (χ2v) is 10.9. The van der Waals surface area contributed by atoms with Crippen LogP contribution in [0.15, 0.2) is 73.7 Å². The normalized spacial score (nSPS) is 14.6. The molecule has 0 bridgehead atoms. The van der Waals surface area contributed by atoms with Gasteiger partial charge in [0.25, 0.3) is 0 Å². The SMILES string of the molecule is C=CC(=O)N1CCC(NC)CC1.COc1cc(-n2cccn2)nc2c1nc(-c1cccnc1N)n2-c1ccc2c(c1)CCC2. The first-order chi connectivity index (χ1) is 21.5. The Bertz CT molecular complexity index is 1790. The molecule has 0 radical (unpaired) electrons. The quantitative estimate of drug-likeness (QED) is 0.282. The molecule has 1 aromatic carbocycles. The molecule has 44 heavy (non-hydrogen) atoms. The fourth-order valence-corrected chi connectivity index (χ4v) is 5.93. The molecule has 1 saturated heterocycles. The van der Waals surface area contributed by atoms with Crippen LogP contribution < -0.4 is 15.8 Å². The molecule has 11 heteroatoms. The second kappa shape index (κ2) is 12.7. The van der Waals surface area contributed by atoms with Crippen molar-refractivity contribution in [3.05, 3.63) is 84.8 Å². The highest BCUT2D eigenvalue weighted by Gasteiger charge is 2.23. The van der Waals surface area contributed by atoms with Gasteiger partial charge in [0, 0.05) is 49.5 Å². The van der Waals surface area contributed by atoms with Gasteiger partial charge in [-0.05, 0) is 86.7 Å². The predicted octanol–water partition coefficient (Wildman–Crippen LogP) is 4.13. The molecule has 1 amide bonds. The first kappa shape index (κ1) is 29.1. The summed E-state index contributed by atoms with van der Waals surface area (Å²) in [6.07, 6.45) is 12.1. The topological polar surface area (TPSA) is 129 Å². The number of nitrogens with one attached hydrogen (secondary N) is 1. The molecule has 5 aromatic rings. The van der Waals surface area contributed by atoms with Gasteiger partial charge < -0.3 is 20.7 Å². The molecule has 0 saturated carbocycles. The number of fused-ring (bicyclic) bond motifs is 2. The molecule has 1 aliphatic heterocycles. The first-order valence-electron chi connectivity index (χ1n) is 14.9. The monoisotopic (exact) mass is 591 g/mol. The standard InChI is InChI=1S/C24H21N7O.C9H16N2O/c1-32-19-14-20(30-12-4-11-27-30)28-24-21(19)29-23(18-7-3-10-26-22(18)25)31(24)17-9-8-15-5-2-6-16(15)13-17;1-3-9(12)11-6-4-8(10-2)5-7-11/h3-4,7-14H,2,5-6H2,1H3,(H2,25,26);3,8,10H,1,4-7H2,2H3. The van der Waals surface area contributed by atoms with Crippen LogP contribution in [0.4, 0.5) is 5.82 Å². The zero-order valence-electron chi connectivity index (χ0n) is 25.1. The van der Waals surface area contributed by atoms with Crippen LogP contribution in [0.5, 0.6) is 5.75 Å². The molecule has 5 heterocycles. The number of piperidine rings is 1. The summed E-state index contributed by atoms with van der Waals surface area (Å²) in [4.78, 5) is 27.1. The maximum Gasteiger partial charge on any atom is 0.245 e. The van der Waals surface area contributed by atoms with Gasteiger partial charge in [0.1, 0.15) is 5.82 Å². The molecule has 4 aromatic heterocycles. The number of amides is 1. The maximum atomic E-state index is 11.1. The summed E-state index contributed by atoms with van der Waals surface area (Å²) >= 11 is 0. The van der Waals surface area contributed by atoms with E-state index in [9.17, 15) is 4.79 Å². The average molecular weight is 592 g/mol. The maximum absolute atomic E-state index is 11.1. The third-order valence-corrected chi connectivity index (χ3v) is 8.34. The lowest BCUT2D eigenvalue weighted by Crippen LogP contribution is -2.43. The molecule has 11 nitrogen and oxygen atoms in total. The Hall–Kier alpha value is -5.03. The van der Waals surface area contributed by atoms with Gasteiger partial charge in [-0.2, -0.15) is 5.10 Å². The highest BCUT2D eigenvalue weighted by Crippen LogP contribution is 2.36. The highest BCUT2D eigenvalue weighted by atomic mass is 16.5. The summed E-state index contributed by atoms with van der Waals surface area (Å²) in [5.41, 5.74) is 12.1. The van der Waals surface area contributed by atoms with Crippen LogP contribution in [0.1, 0.15) is 30.4 Å². The van der Waals surface area contributed by atoms with Gasteiger partial charge >= 0.3 is 0 Å². The van der Waals surface area contributed by atoms with E-state index in [1.54, 1.807) is 24.2 Å². The summed E-state index contributed by atoms with van der Waals surface area (Å²) in [7, 11) is 3.60. The number of anilines is 1. The van der Waals surface area contributed by atoms with E-state index in [4.69, 9.17) is 20.4 Å². The fourth-order valence-electron chi connectivity index (χ4n) is 5.93.